The van der Waals surface area contributed by atoms with Gasteiger partial charge in [0.15, 0.2) is 0 Å². The van der Waals surface area contributed by atoms with Crippen LogP contribution < -0.4 is 10.5 Å². The highest BCUT2D eigenvalue weighted by Gasteiger charge is 2.22. The number of amides is 1. The van der Waals surface area contributed by atoms with E-state index in [1.165, 1.54) is 19.8 Å². The van der Waals surface area contributed by atoms with E-state index in [4.69, 9.17) is 9.15 Å². The SMILES string of the molecule is CC(N)=O.COC1=C(c2nnc(CNSC3CC3)o2)C=CCC1. The molecule has 7 nitrogen and oxygen atoms in total. The van der Waals surface area contributed by atoms with Gasteiger partial charge in [0, 0.05) is 18.6 Å². The molecule has 1 amide bonds. The van der Waals surface area contributed by atoms with Gasteiger partial charge in [-0.05, 0) is 19.3 Å². The van der Waals surface area contributed by atoms with Gasteiger partial charge in [0.05, 0.1) is 19.2 Å². The fourth-order valence-corrected chi connectivity index (χ4v) is 2.70. The van der Waals surface area contributed by atoms with Crippen molar-refractivity contribution >= 4 is 23.4 Å². The van der Waals surface area contributed by atoms with Crippen molar-refractivity contribution in [2.75, 3.05) is 7.11 Å². The van der Waals surface area contributed by atoms with Gasteiger partial charge in [-0.1, -0.05) is 24.1 Å². The fourth-order valence-electron chi connectivity index (χ4n) is 1.89. The van der Waals surface area contributed by atoms with E-state index >= 15 is 0 Å². The maximum absolute atomic E-state index is 9.22. The molecule has 2 aliphatic rings. The Hall–Kier alpha value is -1.80. The van der Waals surface area contributed by atoms with Gasteiger partial charge in [-0.15, -0.1) is 10.2 Å². The maximum Gasteiger partial charge on any atom is 0.251 e. The largest absolute Gasteiger partial charge is 0.500 e. The number of hydrogen-bond donors (Lipinski definition) is 2. The average molecular weight is 338 g/mol. The molecule has 0 unspecified atom stereocenters. The summed E-state index contributed by atoms with van der Waals surface area (Å²) in [6.07, 6.45) is 8.58. The fraction of sp³-hybridized carbons (Fsp3) is 0.533. The lowest BCUT2D eigenvalue weighted by Gasteiger charge is -2.11. The van der Waals surface area contributed by atoms with Gasteiger partial charge < -0.3 is 14.9 Å². The molecule has 0 bridgehead atoms. The van der Waals surface area contributed by atoms with E-state index in [2.05, 4.69) is 26.7 Å². The average Bonchev–Trinajstić information content (AvgIpc) is 3.23. The first-order chi connectivity index (χ1) is 11.1. The van der Waals surface area contributed by atoms with E-state index in [9.17, 15) is 4.79 Å². The third kappa shape index (κ3) is 6.07. The lowest BCUT2D eigenvalue weighted by Crippen LogP contribution is -2.04. The lowest BCUT2D eigenvalue weighted by atomic mass is 10.1. The Morgan fingerprint density at radius 3 is 2.91 bits per heavy atom. The number of carbonyl (C=O) groups excluding carboxylic acids is 1. The Morgan fingerprint density at radius 1 is 1.52 bits per heavy atom. The number of carbonyl (C=O) groups is 1. The molecule has 3 rings (SSSR count). The zero-order valence-corrected chi connectivity index (χ0v) is 14.2. The standard InChI is InChI=1S/C13H17N3O2S.C2H5NO/c1-17-11-5-3-2-4-10(11)13-16-15-12(18-13)8-14-19-9-6-7-9;1-2(3)4/h2,4,9,14H,3,5-8H2,1H3;1H3,(H2,3,4). The third-order valence-electron chi connectivity index (χ3n) is 3.06. The molecule has 8 heteroatoms. The summed E-state index contributed by atoms with van der Waals surface area (Å²) < 4.78 is 14.3. The van der Waals surface area contributed by atoms with Gasteiger partial charge in [0.25, 0.3) is 5.89 Å². The Kier molecular flexibility index (Phi) is 6.66. The Labute approximate surface area is 139 Å². The highest BCUT2D eigenvalue weighted by Crippen LogP contribution is 2.32. The van der Waals surface area contributed by atoms with Crippen molar-refractivity contribution in [2.24, 2.45) is 5.73 Å². The zero-order chi connectivity index (χ0) is 16.7. The van der Waals surface area contributed by atoms with Crippen molar-refractivity contribution in [3.8, 4) is 0 Å². The first-order valence-corrected chi connectivity index (χ1v) is 8.39. The van der Waals surface area contributed by atoms with Crippen LogP contribution in [0.25, 0.3) is 5.57 Å². The number of ether oxygens (including phenoxy) is 1. The van der Waals surface area contributed by atoms with Crippen molar-refractivity contribution in [3.05, 3.63) is 29.7 Å². The van der Waals surface area contributed by atoms with Crippen LogP contribution in [0.5, 0.6) is 0 Å². The first kappa shape index (κ1) is 17.6. The van der Waals surface area contributed by atoms with Gasteiger partial charge in [-0.2, -0.15) is 0 Å². The Bertz CT molecular complexity index is 589. The summed E-state index contributed by atoms with van der Waals surface area (Å²) in [7, 11) is 1.68. The second-order valence-corrected chi connectivity index (χ2v) is 6.42. The second-order valence-electron chi connectivity index (χ2n) is 5.23. The summed E-state index contributed by atoms with van der Waals surface area (Å²) in [6, 6.07) is 0. The van der Waals surface area contributed by atoms with Crippen LogP contribution in [0.1, 0.15) is 44.4 Å². The third-order valence-corrected chi connectivity index (χ3v) is 4.18. The summed E-state index contributed by atoms with van der Waals surface area (Å²) >= 11 is 1.76. The molecule has 1 saturated carbocycles. The number of hydrogen-bond acceptors (Lipinski definition) is 7. The molecular formula is C15H22N4O3S. The van der Waals surface area contributed by atoms with Crippen LogP contribution in [0.3, 0.4) is 0 Å². The van der Waals surface area contributed by atoms with E-state index in [1.54, 1.807) is 19.1 Å². The lowest BCUT2D eigenvalue weighted by molar-refractivity contribution is -0.115. The number of nitrogens with one attached hydrogen (secondary N) is 1. The minimum atomic E-state index is -0.333. The van der Waals surface area contributed by atoms with Crippen molar-refractivity contribution in [1.29, 1.82) is 0 Å². The van der Waals surface area contributed by atoms with Crippen LogP contribution >= 0.6 is 11.9 Å². The molecule has 0 aliphatic heterocycles. The number of methoxy groups -OCH3 is 1. The van der Waals surface area contributed by atoms with Crippen LogP contribution in [0.2, 0.25) is 0 Å². The van der Waals surface area contributed by atoms with Gasteiger partial charge in [-0.25, -0.2) is 0 Å². The van der Waals surface area contributed by atoms with E-state index in [0.29, 0.717) is 18.3 Å². The molecule has 23 heavy (non-hydrogen) atoms. The predicted molar refractivity (Wildman–Crippen MR) is 88.9 cm³/mol. The second kappa shape index (κ2) is 8.73. The monoisotopic (exact) mass is 338 g/mol. The minimum Gasteiger partial charge on any atom is -0.500 e. The molecule has 0 radical (unpaired) electrons. The summed E-state index contributed by atoms with van der Waals surface area (Å²) in [6.45, 7) is 1.91. The molecule has 1 aromatic heterocycles. The van der Waals surface area contributed by atoms with Crippen molar-refractivity contribution < 1.29 is 13.9 Å². The maximum atomic E-state index is 9.22. The van der Waals surface area contributed by atoms with Gasteiger partial charge in [-0.3, -0.25) is 9.52 Å². The molecule has 126 valence electrons. The van der Waals surface area contributed by atoms with E-state index in [-0.39, 0.29) is 5.91 Å². The topological polar surface area (TPSA) is 103 Å². The first-order valence-electron chi connectivity index (χ1n) is 7.51. The quantitative estimate of drug-likeness (QED) is 0.766. The molecule has 1 aromatic rings. The number of rotatable bonds is 6. The summed E-state index contributed by atoms with van der Waals surface area (Å²) in [5, 5.41) is 8.93. The van der Waals surface area contributed by atoms with Gasteiger partial charge in [0.1, 0.15) is 5.76 Å². The molecule has 1 fully saturated rings. The predicted octanol–water partition coefficient (Wildman–Crippen LogP) is 2.17. The molecule has 0 saturated heterocycles. The molecule has 3 N–H and O–H groups in total. The number of aromatic nitrogens is 2. The molecule has 0 aromatic carbocycles. The smallest absolute Gasteiger partial charge is 0.251 e. The van der Waals surface area contributed by atoms with Crippen LogP contribution in [0.4, 0.5) is 0 Å². The number of allylic oxidation sites excluding steroid dienone is 4. The van der Waals surface area contributed by atoms with E-state index < -0.39 is 0 Å². The van der Waals surface area contributed by atoms with Crippen LogP contribution in [0, 0.1) is 0 Å². The zero-order valence-electron chi connectivity index (χ0n) is 13.4. The van der Waals surface area contributed by atoms with Crippen molar-refractivity contribution in [3.63, 3.8) is 0 Å². The normalized spacial score (nSPS) is 16.8. The van der Waals surface area contributed by atoms with E-state index in [0.717, 1.165) is 29.4 Å². The summed E-state index contributed by atoms with van der Waals surface area (Å²) in [5.41, 5.74) is 5.38. The number of primary amides is 1. The van der Waals surface area contributed by atoms with E-state index in [1.807, 2.05) is 6.08 Å². The molecule has 0 spiro atoms. The van der Waals surface area contributed by atoms with Gasteiger partial charge >= 0.3 is 0 Å². The number of nitrogens with two attached hydrogens (primary N) is 1. The summed E-state index contributed by atoms with van der Waals surface area (Å²) in [5.74, 6) is 1.74. The molecular weight excluding hydrogens is 316 g/mol. The van der Waals surface area contributed by atoms with Crippen LogP contribution in [-0.2, 0) is 16.1 Å². The minimum absolute atomic E-state index is 0.333. The van der Waals surface area contributed by atoms with Crippen molar-refractivity contribution in [2.45, 2.75) is 44.4 Å². The van der Waals surface area contributed by atoms with Crippen molar-refractivity contribution in [1.82, 2.24) is 14.9 Å². The Morgan fingerprint density at radius 2 is 2.26 bits per heavy atom. The van der Waals surface area contributed by atoms with Gasteiger partial charge in [0.2, 0.25) is 11.8 Å². The van der Waals surface area contributed by atoms with Crippen LogP contribution in [0.15, 0.2) is 22.3 Å². The Balaban J connectivity index is 0.000000433. The highest BCUT2D eigenvalue weighted by molar-refractivity contribution is 7.98. The summed E-state index contributed by atoms with van der Waals surface area (Å²) in [4.78, 5) is 9.22. The number of nitrogens with zero attached hydrogens (tertiary/aromatic N) is 2. The van der Waals surface area contributed by atoms with Crippen LogP contribution in [-0.4, -0.2) is 28.5 Å². The molecule has 2 aliphatic carbocycles. The highest BCUT2D eigenvalue weighted by atomic mass is 32.2. The molecule has 1 heterocycles. The molecule has 0 atom stereocenters.